The van der Waals surface area contributed by atoms with Gasteiger partial charge in [0.1, 0.15) is 18.2 Å². The van der Waals surface area contributed by atoms with E-state index in [4.69, 9.17) is 9.84 Å². The summed E-state index contributed by atoms with van der Waals surface area (Å²) in [6, 6.07) is 2.64. The molecule has 2 aromatic heterocycles. The van der Waals surface area contributed by atoms with E-state index >= 15 is 0 Å². The summed E-state index contributed by atoms with van der Waals surface area (Å²) in [5.41, 5.74) is 0.584. The molecule has 0 bridgehead atoms. The number of carbonyl (C=O) groups is 1. The maximum absolute atomic E-state index is 12.9. The summed E-state index contributed by atoms with van der Waals surface area (Å²) < 4.78 is 18.2. The molecule has 0 saturated heterocycles. The highest BCUT2D eigenvalue weighted by Crippen LogP contribution is 2.13. The van der Waals surface area contributed by atoms with Crippen molar-refractivity contribution in [1.82, 2.24) is 9.97 Å². The molecule has 1 N–H and O–H groups in total. The van der Waals surface area contributed by atoms with Crippen LogP contribution in [-0.2, 0) is 6.61 Å². The van der Waals surface area contributed by atoms with Gasteiger partial charge in [0, 0.05) is 18.0 Å². The number of carboxylic acid groups (broad SMARTS) is 1. The number of halogens is 1. The van der Waals surface area contributed by atoms with Crippen molar-refractivity contribution >= 4 is 5.97 Å². The first-order valence-electron chi connectivity index (χ1n) is 5.06. The highest BCUT2D eigenvalue weighted by atomic mass is 19.1. The van der Waals surface area contributed by atoms with Gasteiger partial charge in [-0.25, -0.2) is 9.18 Å². The van der Waals surface area contributed by atoms with E-state index in [2.05, 4.69) is 9.97 Å². The van der Waals surface area contributed by atoms with Crippen LogP contribution in [0.1, 0.15) is 15.9 Å². The molecule has 0 radical (unpaired) electrons. The molecule has 18 heavy (non-hydrogen) atoms. The highest BCUT2D eigenvalue weighted by Gasteiger charge is 2.05. The lowest BCUT2D eigenvalue weighted by Gasteiger charge is -2.06. The minimum absolute atomic E-state index is 0.0323. The summed E-state index contributed by atoms with van der Waals surface area (Å²) in [5, 5.41) is 8.78. The SMILES string of the molecule is O=C(O)c1cncc(OCc2cncc(F)c2)c1. The maximum atomic E-state index is 12.9. The third-order valence-electron chi connectivity index (χ3n) is 2.13. The Morgan fingerprint density at radius 2 is 2.00 bits per heavy atom. The second-order valence-electron chi connectivity index (χ2n) is 3.51. The largest absolute Gasteiger partial charge is 0.487 e. The topological polar surface area (TPSA) is 72.3 Å². The molecular formula is C12H9FN2O3. The summed E-state index contributed by atoms with van der Waals surface area (Å²) in [4.78, 5) is 18.1. The average molecular weight is 248 g/mol. The lowest BCUT2D eigenvalue weighted by atomic mass is 10.3. The number of hydrogen-bond acceptors (Lipinski definition) is 4. The van der Waals surface area contributed by atoms with Crippen LogP contribution in [0.3, 0.4) is 0 Å². The van der Waals surface area contributed by atoms with Gasteiger partial charge in [0.25, 0.3) is 0 Å². The molecule has 0 aliphatic rings. The van der Waals surface area contributed by atoms with Gasteiger partial charge in [-0.2, -0.15) is 0 Å². The Balaban J connectivity index is 2.06. The van der Waals surface area contributed by atoms with Gasteiger partial charge in [-0.1, -0.05) is 0 Å². The van der Waals surface area contributed by atoms with Crippen molar-refractivity contribution in [3.05, 3.63) is 53.9 Å². The Morgan fingerprint density at radius 1 is 1.22 bits per heavy atom. The molecule has 6 heteroatoms. The summed E-state index contributed by atoms with van der Waals surface area (Å²) in [5.74, 6) is -1.23. The van der Waals surface area contributed by atoms with Crippen LogP contribution in [0, 0.1) is 5.82 Å². The van der Waals surface area contributed by atoms with E-state index < -0.39 is 11.8 Å². The third-order valence-corrected chi connectivity index (χ3v) is 2.13. The van der Waals surface area contributed by atoms with Gasteiger partial charge < -0.3 is 9.84 Å². The fourth-order valence-electron chi connectivity index (χ4n) is 1.32. The number of hydrogen-bond donors (Lipinski definition) is 1. The minimum atomic E-state index is -1.08. The zero-order valence-electron chi connectivity index (χ0n) is 9.21. The van der Waals surface area contributed by atoms with Crippen LogP contribution in [0.25, 0.3) is 0 Å². The van der Waals surface area contributed by atoms with Crippen molar-refractivity contribution < 1.29 is 19.0 Å². The molecule has 0 atom stereocenters. The van der Waals surface area contributed by atoms with Crippen molar-refractivity contribution in [2.45, 2.75) is 6.61 Å². The smallest absolute Gasteiger partial charge is 0.337 e. The fraction of sp³-hybridized carbons (Fsp3) is 0.0833. The van der Waals surface area contributed by atoms with Gasteiger partial charge in [0.15, 0.2) is 0 Å². The zero-order chi connectivity index (χ0) is 13.0. The van der Waals surface area contributed by atoms with Crippen molar-refractivity contribution in [2.24, 2.45) is 0 Å². The van der Waals surface area contributed by atoms with Crippen molar-refractivity contribution in [3.63, 3.8) is 0 Å². The van der Waals surface area contributed by atoms with Crippen molar-refractivity contribution in [2.75, 3.05) is 0 Å². The molecule has 0 spiro atoms. The number of pyridine rings is 2. The van der Waals surface area contributed by atoms with Crippen LogP contribution in [-0.4, -0.2) is 21.0 Å². The van der Waals surface area contributed by atoms with Crippen LogP contribution in [0.4, 0.5) is 4.39 Å². The third kappa shape index (κ3) is 3.00. The molecule has 5 nitrogen and oxygen atoms in total. The van der Waals surface area contributed by atoms with Crippen LogP contribution in [0.5, 0.6) is 5.75 Å². The second kappa shape index (κ2) is 5.22. The Hall–Kier alpha value is -2.50. The van der Waals surface area contributed by atoms with Gasteiger partial charge in [-0.15, -0.1) is 0 Å². The molecule has 0 aromatic carbocycles. The van der Waals surface area contributed by atoms with Crippen molar-refractivity contribution in [1.29, 1.82) is 0 Å². The molecule has 2 aromatic rings. The Labute approximate surface area is 102 Å². The van der Waals surface area contributed by atoms with Gasteiger partial charge in [0.2, 0.25) is 0 Å². The first-order valence-corrected chi connectivity index (χ1v) is 5.06. The van der Waals surface area contributed by atoms with E-state index in [1.165, 1.54) is 30.7 Å². The molecule has 0 fully saturated rings. The normalized spacial score (nSPS) is 10.1. The molecule has 2 rings (SSSR count). The van der Waals surface area contributed by atoms with E-state index in [-0.39, 0.29) is 12.2 Å². The predicted octanol–water partition coefficient (Wildman–Crippen LogP) is 1.89. The molecule has 0 aliphatic heterocycles. The van der Waals surface area contributed by atoms with Crippen molar-refractivity contribution in [3.8, 4) is 5.75 Å². The maximum Gasteiger partial charge on any atom is 0.337 e. The van der Waals surface area contributed by atoms with E-state index in [9.17, 15) is 9.18 Å². The second-order valence-corrected chi connectivity index (χ2v) is 3.51. The molecular weight excluding hydrogens is 239 g/mol. The van der Waals surface area contributed by atoms with Crippen LogP contribution >= 0.6 is 0 Å². The monoisotopic (exact) mass is 248 g/mol. The number of rotatable bonds is 4. The summed E-state index contributed by atoms with van der Waals surface area (Å²) in [7, 11) is 0. The average Bonchev–Trinajstić information content (AvgIpc) is 2.37. The Morgan fingerprint density at radius 3 is 2.72 bits per heavy atom. The molecule has 92 valence electrons. The molecule has 0 amide bonds. The zero-order valence-corrected chi connectivity index (χ0v) is 9.21. The fourth-order valence-corrected chi connectivity index (χ4v) is 1.32. The predicted molar refractivity (Wildman–Crippen MR) is 59.7 cm³/mol. The van der Waals surface area contributed by atoms with Crippen LogP contribution in [0.2, 0.25) is 0 Å². The number of aromatic nitrogens is 2. The first-order chi connectivity index (χ1) is 8.65. The number of nitrogens with zero attached hydrogens (tertiary/aromatic N) is 2. The minimum Gasteiger partial charge on any atom is -0.487 e. The first kappa shape index (κ1) is 12.0. The van der Waals surface area contributed by atoms with E-state index in [0.29, 0.717) is 11.3 Å². The quantitative estimate of drug-likeness (QED) is 0.894. The standard InChI is InChI=1S/C12H9FN2O3/c13-10-1-8(3-14-5-10)7-18-11-2-9(12(16)17)4-15-6-11/h1-6H,7H2,(H,16,17). The summed E-state index contributed by atoms with van der Waals surface area (Å²) in [6.45, 7) is 0.0928. The summed E-state index contributed by atoms with van der Waals surface area (Å²) >= 11 is 0. The van der Waals surface area contributed by atoms with Crippen LogP contribution in [0.15, 0.2) is 36.9 Å². The van der Waals surface area contributed by atoms with Gasteiger partial charge in [-0.05, 0) is 12.1 Å². The molecule has 0 aliphatic carbocycles. The van der Waals surface area contributed by atoms with Gasteiger partial charge in [-0.3, -0.25) is 9.97 Å². The Bertz CT molecular complexity index is 575. The van der Waals surface area contributed by atoms with Gasteiger partial charge in [0.05, 0.1) is 18.0 Å². The van der Waals surface area contributed by atoms with E-state index in [1.54, 1.807) is 0 Å². The summed E-state index contributed by atoms with van der Waals surface area (Å²) in [6.07, 6.45) is 5.17. The van der Waals surface area contributed by atoms with Gasteiger partial charge >= 0.3 is 5.97 Å². The number of aromatic carboxylic acids is 1. The van der Waals surface area contributed by atoms with E-state index in [0.717, 1.165) is 6.20 Å². The molecule has 2 heterocycles. The number of carboxylic acids is 1. The Kier molecular flexibility index (Phi) is 3.47. The molecule has 0 saturated carbocycles. The lowest BCUT2D eigenvalue weighted by Crippen LogP contribution is -2.01. The number of ether oxygens (including phenoxy) is 1. The molecule has 0 unspecified atom stereocenters. The van der Waals surface area contributed by atoms with Crippen LogP contribution < -0.4 is 4.74 Å². The lowest BCUT2D eigenvalue weighted by molar-refractivity contribution is 0.0696. The highest BCUT2D eigenvalue weighted by molar-refractivity contribution is 5.87. The van der Waals surface area contributed by atoms with E-state index in [1.807, 2.05) is 0 Å².